The highest BCUT2D eigenvalue weighted by Crippen LogP contribution is 2.33. The number of piperidine rings is 1. The van der Waals surface area contributed by atoms with Crippen LogP contribution < -0.4 is 0 Å². The van der Waals surface area contributed by atoms with Gasteiger partial charge in [0, 0.05) is 30.1 Å². The Morgan fingerprint density at radius 3 is 2.35 bits per heavy atom. The molecule has 3 fully saturated rings. The Hall–Kier alpha value is -1.45. The van der Waals surface area contributed by atoms with Gasteiger partial charge in [0.1, 0.15) is 10.8 Å². The number of carbonyl (C=O) groups is 2. The van der Waals surface area contributed by atoms with E-state index in [0.717, 1.165) is 24.1 Å². The minimum atomic E-state index is -3.47. The molecule has 0 aromatic carbocycles. The smallest absolute Gasteiger partial charge is 0.312 e. The van der Waals surface area contributed by atoms with E-state index in [1.165, 1.54) is 20.5 Å². The predicted octanol–water partition coefficient (Wildman–Crippen LogP) is 1.89. The van der Waals surface area contributed by atoms with Crippen molar-refractivity contribution in [2.24, 2.45) is 0 Å². The lowest BCUT2D eigenvalue weighted by molar-refractivity contribution is -0.125. The maximum absolute atomic E-state index is 12.8. The number of nitrogens with zero attached hydrogens (tertiary/aromatic N) is 3. The van der Waals surface area contributed by atoms with Crippen molar-refractivity contribution < 1.29 is 18.0 Å². The zero-order valence-corrected chi connectivity index (χ0v) is 16.4. The number of hydrogen-bond donors (Lipinski definition) is 0. The summed E-state index contributed by atoms with van der Waals surface area (Å²) in [6, 6.07) is 3.39. The molecule has 0 N–H and O–H groups in total. The van der Waals surface area contributed by atoms with Crippen molar-refractivity contribution in [1.82, 2.24) is 14.1 Å². The molecule has 1 aliphatic carbocycles. The SMILES string of the molecule is CCc1ccc(S(=O)(=O)N2CCC(N3CC(=O)N(C4CC4)C3=O)CC2)s1. The molecule has 1 aromatic heterocycles. The predicted molar refractivity (Wildman–Crippen MR) is 97.4 cm³/mol. The molecule has 2 aliphatic heterocycles. The highest BCUT2D eigenvalue weighted by Gasteiger charge is 2.47. The summed E-state index contributed by atoms with van der Waals surface area (Å²) in [5, 5.41) is 0. The first kappa shape index (κ1) is 17.9. The Balaban J connectivity index is 1.41. The first-order valence-electron chi connectivity index (χ1n) is 9.13. The summed E-state index contributed by atoms with van der Waals surface area (Å²) in [6.07, 6.45) is 3.78. The van der Waals surface area contributed by atoms with Crippen LogP contribution in [-0.4, -0.2) is 66.2 Å². The average Bonchev–Trinajstić information content (AvgIpc) is 3.24. The molecule has 9 heteroatoms. The topological polar surface area (TPSA) is 78.0 Å². The van der Waals surface area contributed by atoms with Crippen LogP contribution in [0.2, 0.25) is 0 Å². The maximum atomic E-state index is 12.8. The van der Waals surface area contributed by atoms with Crippen LogP contribution in [-0.2, 0) is 21.2 Å². The lowest BCUT2D eigenvalue weighted by Gasteiger charge is -2.35. The summed E-state index contributed by atoms with van der Waals surface area (Å²) in [5.74, 6) is -0.113. The summed E-state index contributed by atoms with van der Waals surface area (Å²) >= 11 is 1.33. The van der Waals surface area contributed by atoms with Gasteiger partial charge in [-0.15, -0.1) is 11.3 Å². The minimum Gasteiger partial charge on any atom is -0.312 e. The third kappa shape index (κ3) is 3.05. The fourth-order valence-electron chi connectivity index (χ4n) is 3.72. The van der Waals surface area contributed by atoms with Gasteiger partial charge in [0.25, 0.3) is 15.9 Å². The first-order valence-corrected chi connectivity index (χ1v) is 11.4. The van der Waals surface area contributed by atoms with Crippen LogP contribution in [0.1, 0.15) is 37.5 Å². The third-order valence-electron chi connectivity index (χ3n) is 5.38. The van der Waals surface area contributed by atoms with Crippen molar-refractivity contribution in [3.8, 4) is 0 Å². The fourth-order valence-corrected chi connectivity index (χ4v) is 6.64. The molecular formula is C17H23N3O4S2. The van der Waals surface area contributed by atoms with Gasteiger partial charge in [-0.3, -0.25) is 9.69 Å². The van der Waals surface area contributed by atoms with Gasteiger partial charge >= 0.3 is 6.03 Å². The van der Waals surface area contributed by atoms with Crippen molar-refractivity contribution in [2.75, 3.05) is 19.6 Å². The maximum Gasteiger partial charge on any atom is 0.327 e. The molecule has 1 saturated carbocycles. The van der Waals surface area contributed by atoms with Crippen molar-refractivity contribution in [2.45, 2.75) is 55.3 Å². The molecule has 1 aromatic rings. The number of urea groups is 1. The number of thiophene rings is 1. The fraction of sp³-hybridized carbons (Fsp3) is 0.647. The van der Waals surface area contributed by atoms with Gasteiger partial charge in [-0.05, 0) is 44.2 Å². The largest absolute Gasteiger partial charge is 0.327 e. The molecule has 0 atom stereocenters. The van der Waals surface area contributed by atoms with Gasteiger partial charge in [0.2, 0.25) is 0 Å². The molecule has 7 nitrogen and oxygen atoms in total. The molecule has 2 saturated heterocycles. The number of imide groups is 1. The lowest BCUT2D eigenvalue weighted by atomic mass is 10.1. The Bertz CT molecular complexity index is 823. The number of rotatable bonds is 5. The number of hydrogen-bond acceptors (Lipinski definition) is 5. The van der Waals surface area contributed by atoms with Gasteiger partial charge in [0.15, 0.2) is 0 Å². The standard InChI is InChI=1S/C17H23N3O4S2/c1-2-14-5-6-16(25-14)26(23,24)18-9-7-12(8-10-18)19-11-15(21)20(17(19)22)13-3-4-13/h5-6,12-13H,2-4,7-11H2,1H3. The highest BCUT2D eigenvalue weighted by atomic mass is 32.2. The second kappa shape index (κ2) is 6.61. The zero-order valence-electron chi connectivity index (χ0n) is 14.8. The van der Waals surface area contributed by atoms with Crippen LogP contribution >= 0.6 is 11.3 Å². The van der Waals surface area contributed by atoms with E-state index in [1.54, 1.807) is 11.0 Å². The third-order valence-corrected chi connectivity index (χ3v) is 8.98. The Labute approximate surface area is 157 Å². The second-order valence-electron chi connectivity index (χ2n) is 7.11. The van der Waals surface area contributed by atoms with Crippen LogP contribution in [0.25, 0.3) is 0 Å². The number of carbonyl (C=O) groups excluding carboxylic acids is 2. The Kier molecular flexibility index (Phi) is 4.56. The lowest BCUT2D eigenvalue weighted by Crippen LogP contribution is -2.48. The highest BCUT2D eigenvalue weighted by molar-refractivity contribution is 7.91. The molecule has 26 heavy (non-hydrogen) atoms. The summed E-state index contributed by atoms with van der Waals surface area (Å²) in [4.78, 5) is 28.8. The van der Waals surface area contributed by atoms with Gasteiger partial charge in [-0.2, -0.15) is 4.31 Å². The second-order valence-corrected chi connectivity index (χ2v) is 10.4. The Morgan fingerprint density at radius 1 is 1.08 bits per heavy atom. The van der Waals surface area contributed by atoms with E-state index in [9.17, 15) is 18.0 Å². The van der Waals surface area contributed by atoms with E-state index in [4.69, 9.17) is 0 Å². The van der Waals surface area contributed by atoms with E-state index in [0.29, 0.717) is 30.1 Å². The Morgan fingerprint density at radius 2 is 1.77 bits per heavy atom. The normalized spacial score (nSPS) is 23.3. The van der Waals surface area contributed by atoms with Crippen LogP contribution in [0.3, 0.4) is 0 Å². The summed E-state index contributed by atoms with van der Waals surface area (Å²) in [6.45, 7) is 2.91. The van der Waals surface area contributed by atoms with Crippen LogP contribution in [0.5, 0.6) is 0 Å². The number of aryl methyl sites for hydroxylation is 1. The quantitative estimate of drug-likeness (QED) is 0.711. The monoisotopic (exact) mass is 397 g/mol. The van der Waals surface area contributed by atoms with Crippen molar-refractivity contribution in [3.05, 3.63) is 17.0 Å². The summed E-state index contributed by atoms with van der Waals surface area (Å²) < 4.78 is 27.5. The van der Waals surface area contributed by atoms with Crippen LogP contribution in [0.15, 0.2) is 16.3 Å². The van der Waals surface area contributed by atoms with Gasteiger partial charge in [0.05, 0.1) is 0 Å². The van der Waals surface area contributed by atoms with Gasteiger partial charge in [-0.1, -0.05) is 6.92 Å². The summed E-state index contributed by atoms with van der Waals surface area (Å²) in [7, 11) is -3.47. The zero-order chi connectivity index (χ0) is 18.5. The van der Waals surface area contributed by atoms with Gasteiger partial charge in [-0.25, -0.2) is 13.2 Å². The minimum absolute atomic E-state index is 0.0591. The number of amides is 3. The molecule has 0 spiro atoms. The van der Waals surface area contributed by atoms with Crippen molar-refractivity contribution >= 4 is 33.3 Å². The van der Waals surface area contributed by atoms with Crippen molar-refractivity contribution in [3.63, 3.8) is 0 Å². The molecule has 4 rings (SSSR count). The molecule has 142 valence electrons. The summed E-state index contributed by atoms with van der Waals surface area (Å²) in [5.41, 5.74) is 0. The average molecular weight is 398 g/mol. The van der Waals surface area contributed by atoms with Crippen molar-refractivity contribution in [1.29, 1.82) is 0 Å². The van der Waals surface area contributed by atoms with E-state index >= 15 is 0 Å². The van der Waals surface area contributed by atoms with Gasteiger partial charge < -0.3 is 4.90 Å². The molecule has 0 radical (unpaired) electrons. The molecule has 3 amide bonds. The number of sulfonamides is 1. The first-order chi connectivity index (χ1) is 12.4. The molecule has 0 unspecified atom stereocenters. The van der Waals surface area contributed by atoms with Crippen LogP contribution in [0.4, 0.5) is 4.79 Å². The molecular weight excluding hydrogens is 374 g/mol. The molecule has 3 aliphatic rings. The molecule has 0 bridgehead atoms. The molecule has 3 heterocycles. The van der Waals surface area contributed by atoms with E-state index < -0.39 is 10.0 Å². The van der Waals surface area contributed by atoms with E-state index in [-0.39, 0.29) is 30.6 Å². The van der Waals surface area contributed by atoms with E-state index in [1.807, 2.05) is 13.0 Å². The van der Waals surface area contributed by atoms with Crippen LogP contribution in [0, 0.1) is 0 Å². The van der Waals surface area contributed by atoms with E-state index in [2.05, 4.69) is 0 Å².